The molecule has 8 heterocycles. The number of hydrogen-bond donors (Lipinski definition) is 19. The topological polar surface area (TPSA) is 748 Å². The van der Waals surface area contributed by atoms with Gasteiger partial charge in [-0.05, 0) is 31.4 Å². The number of phosphoric ester groups is 3. The number of amides is 13. The van der Waals surface area contributed by atoms with Crippen LogP contribution in [0.1, 0.15) is 141 Å². The number of carbonyl (C=O) groups is 13. The molecule has 6 aromatic rings. The molecule has 20 N–H and O–H groups in total. The molecule has 6 aliphatic rings. The third kappa shape index (κ3) is 32.0. The molecule has 0 spiro atoms. The summed E-state index contributed by atoms with van der Waals surface area (Å²) in [7, 11) is -16.8. The van der Waals surface area contributed by atoms with Crippen molar-refractivity contribution in [2.75, 3.05) is 175 Å². The largest absolute Gasteiger partial charge is 3.00 e. The van der Waals surface area contributed by atoms with Crippen molar-refractivity contribution in [3.63, 3.8) is 0 Å². The van der Waals surface area contributed by atoms with E-state index in [1.54, 1.807) is 4.90 Å². The third-order valence-corrected chi connectivity index (χ3v) is 27.5. The number of nitrogens with one attached hydrogen (secondary N) is 11. The number of aromatic nitrogens is 4. The summed E-state index contributed by atoms with van der Waals surface area (Å²) < 4.78 is 63.2. The van der Waals surface area contributed by atoms with Crippen LogP contribution < -0.4 is 79.5 Å². The second-order valence-corrected chi connectivity index (χ2v) is 39.2. The van der Waals surface area contributed by atoms with Crippen LogP contribution in [0.3, 0.4) is 0 Å². The maximum Gasteiger partial charge on any atom is 3.00 e. The van der Waals surface area contributed by atoms with Crippen LogP contribution in [0.15, 0.2) is 85.5 Å². The van der Waals surface area contributed by atoms with Crippen LogP contribution in [-0.4, -0.2) is 361 Å². The molecule has 52 nitrogen and oxygen atoms in total. The Bertz CT molecular complexity index is 5610. The van der Waals surface area contributed by atoms with Crippen molar-refractivity contribution >= 4 is 129 Å². The molecule has 768 valence electrons. The van der Waals surface area contributed by atoms with E-state index in [1.807, 2.05) is 14.7 Å². The number of unbranched alkanes of at least 4 members (excludes halogenated alkanes) is 1. The summed E-state index contributed by atoms with van der Waals surface area (Å²) in [6, 6.07) is 14.9. The number of imide groups is 1. The van der Waals surface area contributed by atoms with E-state index in [2.05, 4.69) is 82.3 Å². The van der Waals surface area contributed by atoms with E-state index < -0.39 is 184 Å². The molecule has 13 amide bonds. The summed E-state index contributed by atoms with van der Waals surface area (Å²) in [5.74, 6) is -13.1. The number of imidazole rings is 1. The minimum atomic E-state index is -5.70. The van der Waals surface area contributed by atoms with Gasteiger partial charge in [0.05, 0.1) is 35.9 Å². The van der Waals surface area contributed by atoms with Crippen molar-refractivity contribution in [2.24, 2.45) is 5.41 Å². The number of nitrogens with two attached hydrogens (primary N) is 1. The van der Waals surface area contributed by atoms with E-state index in [0.29, 0.717) is 0 Å². The molecule has 2 saturated heterocycles. The first-order valence-corrected chi connectivity index (χ1v) is 50.1. The standard InChI is InChI=1S/C84H114N21O31P3S.Tb/c1-84(2,46-133-139(130,131)136-138(128,129)132-45-58-69(135-137(125,126)127)68(113)83(134-58)105-48-98-63-71(85)96-47-97-72(63)105)70(114)81(123)88-21-18-60(106)87-29-42-140-59-43-62(108)104(82(59)124)30-19-61(107)86-20-4-3-9-49-44-103-37-28-95-78(120)55-15-7-14-54(66(55)111)75(117)91-24-33-101(34-25-94-79(121)56-16-8-17-57(67(56)112)80(122)99-49)39-38-100-31-22-89-73(115)50-10-5-12-52(64(50)109)76(118)92-26-35-102(40-41-103)36-27-93-77(119)53-13-6-11-51(65(53)110)74(116)90-23-32-100;/h5-8,10-17,47-49,58-59,68-70,83,109-114H,3-4,9,18-46H2,1-2H3,(H,86,107)(H,87,106)(H,88,123)(H,89,115)(H,90,116)(H,91,117)(H,92,118)(H,93,119)(H,94,121)(H,95,120)(H,99,122)(H,128,129)(H,130,131)(H2,85,96,97)(H2,125,126,127);/q;+3/p-3/t49?,58-,59?,68-,69-,70+,83-;/m1./s1. The quantitative estimate of drug-likeness (QED) is 0.0124. The Balaban J connectivity index is 0.0000205. The molecule has 11 atom stereocenters. The van der Waals surface area contributed by atoms with Crippen LogP contribution in [0.5, 0.6) is 23.0 Å². The van der Waals surface area contributed by atoms with E-state index in [1.165, 1.54) is 86.6 Å². The number of phenolic OH excluding ortho intramolecular Hbond substituents is 1. The Morgan fingerprint density at radius 1 is 0.574 bits per heavy atom. The van der Waals surface area contributed by atoms with Crippen molar-refractivity contribution in [2.45, 2.75) is 94.3 Å². The van der Waals surface area contributed by atoms with Crippen LogP contribution in [0, 0.1) is 44.0 Å². The predicted octanol–water partition coefficient (Wildman–Crippen LogP) is -4.87. The molecule has 6 aliphatic heterocycles. The molecule has 4 aromatic carbocycles. The van der Waals surface area contributed by atoms with Crippen molar-refractivity contribution in [3.05, 3.63) is 130 Å². The fourth-order valence-corrected chi connectivity index (χ4v) is 19.5. The molecule has 0 aliphatic carbocycles. The van der Waals surface area contributed by atoms with Gasteiger partial charge in [0.2, 0.25) is 29.5 Å². The number of aliphatic hydroxyl groups is 2. The number of anilines is 1. The van der Waals surface area contributed by atoms with E-state index >= 15 is 0 Å². The van der Waals surface area contributed by atoms with Gasteiger partial charge in [0, 0.05) is 220 Å². The fourth-order valence-electron chi connectivity index (χ4n) is 15.6. The Labute approximate surface area is 841 Å². The van der Waals surface area contributed by atoms with Gasteiger partial charge in [-0.3, -0.25) is 105 Å². The average molecular weight is 2190 g/mol. The van der Waals surface area contributed by atoms with Gasteiger partial charge in [-0.2, -0.15) is 4.31 Å². The number of ether oxygens (including phenoxy) is 1. The average Bonchev–Trinajstić information content (AvgIpc) is 1.61. The molecule has 6 unspecified atom stereocenters. The molecule has 12 bridgehead atoms. The molecule has 2 fully saturated rings. The number of phosphoric acid groups is 3. The number of phenols is 1. The normalized spacial score (nSPS) is 22.9. The SMILES string of the molecule is CC(C)(COP(=O)(O)OP(=O)(O)OC[C@H]1O[C@@H](n2cnc3c(N)ncnc32)[C@H](O)[C@@H]1OP(=O)(O)O)[C@@H](O)C(=O)NCCC(=O)NCCSC1CC(=O)N(CCC(=O)NCCCCC2CN3CCNC(=O)c4cccc(c4[O-])C(=O)NCCN(CCNC(=O)c4cccc(c4O)C(=O)N2)CCN2CCNC(=O)c4cccc(c4[O-])C(=O)NCCN(CCNC(=O)c4cccc(c4[O-])C(=O)NCC2)CC3)C1=O.[Tb+3]. The molecule has 2 aromatic heterocycles. The minimum absolute atomic E-state index is 0. The van der Waals surface area contributed by atoms with E-state index in [0.717, 1.165) is 33.9 Å². The van der Waals surface area contributed by atoms with Gasteiger partial charge in [-0.15, -0.1) is 11.8 Å². The fraction of sp³-hybridized carbons (Fsp3) is 0.500. The zero-order valence-electron chi connectivity index (χ0n) is 76.4. The number of aliphatic hydroxyl groups excluding tert-OH is 2. The van der Waals surface area contributed by atoms with E-state index in [9.17, 15) is 126 Å². The zero-order valence-corrected chi connectivity index (χ0v) is 82.0. The molecular weight excluding hydrogens is 2080 g/mol. The van der Waals surface area contributed by atoms with Crippen LogP contribution in [0.25, 0.3) is 11.2 Å². The summed E-state index contributed by atoms with van der Waals surface area (Å²) >= 11 is 1.05. The molecule has 12 rings (SSSR count). The smallest absolute Gasteiger partial charge is 0.871 e. The van der Waals surface area contributed by atoms with E-state index in [4.69, 9.17) is 19.5 Å². The van der Waals surface area contributed by atoms with Crippen molar-refractivity contribution < 1.29 is 187 Å². The number of aromatic hydroxyl groups is 1. The van der Waals surface area contributed by atoms with Gasteiger partial charge >= 0.3 is 62.1 Å². The predicted molar refractivity (Wildman–Crippen MR) is 488 cm³/mol. The monoisotopic (exact) mass is 2190 g/mol. The molecule has 0 saturated carbocycles. The van der Waals surface area contributed by atoms with Crippen molar-refractivity contribution in [3.8, 4) is 23.0 Å². The number of hydrogen-bond acceptors (Lipinski definition) is 36. The molecular formula is C84H111N21O31P3STb. The number of para-hydroxylation sites is 4. The summed E-state index contributed by atoms with van der Waals surface area (Å²) in [5.41, 5.74) is 1.48. The Morgan fingerprint density at radius 3 is 1.49 bits per heavy atom. The molecule has 0 radical (unpaired) electrons. The first-order valence-electron chi connectivity index (χ1n) is 44.6. The summed E-state index contributed by atoms with van der Waals surface area (Å²) in [6.45, 7) is -0.698. The van der Waals surface area contributed by atoms with Gasteiger partial charge in [0.15, 0.2) is 17.7 Å². The van der Waals surface area contributed by atoms with Crippen LogP contribution in [0.2, 0.25) is 0 Å². The van der Waals surface area contributed by atoms with Gasteiger partial charge < -0.3 is 119 Å². The summed E-state index contributed by atoms with van der Waals surface area (Å²) in [6.07, 6.45) is -7.47. The Hall–Kier alpha value is -10.5. The van der Waals surface area contributed by atoms with Crippen LogP contribution in [-0.2, 0) is 60.3 Å². The van der Waals surface area contributed by atoms with E-state index in [-0.39, 0.29) is 295 Å². The van der Waals surface area contributed by atoms with Gasteiger partial charge in [0.1, 0.15) is 42.0 Å². The second kappa shape index (κ2) is 52.1. The molecule has 57 heteroatoms. The molecule has 141 heavy (non-hydrogen) atoms. The minimum Gasteiger partial charge on any atom is -0.871 e. The van der Waals surface area contributed by atoms with Gasteiger partial charge in [-0.1, -0.05) is 91.8 Å². The summed E-state index contributed by atoms with van der Waals surface area (Å²) in [4.78, 5) is 239. The number of thioether (sulfide) groups is 1. The number of carbonyl (C=O) groups excluding carboxylic acids is 13. The first-order chi connectivity index (χ1) is 66.6. The summed E-state index contributed by atoms with van der Waals surface area (Å²) in [5, 5.41) is 105. The Kier molecular flexibility index (Phi) is 41.6. The third-order valence-electron chi connectivity index (χ3n) is 23.2. The number of nitrogens with zero attached hydrogens (tertiary/aromatic N) is 9. The number of nitrogen functional groups attached to an aromatic ring is 1. The maximum absolute atomic E-state index is 14.8. The van der Waals surface area contributed by atoms with Gasteiger partial charge in [-0.25, -0.2) is 28.6 Å². The number of benzene rings is 4. The number of fused-ring (bicyclic) bond motifs is 17. The second-order valence-electron chi connectivity index (χ2n) is 33.6. The van der Waals surface area contributed by atoms with Crippen LogP contribution >= 0.6 is 35.2 Å². The number of rotatable bonds is 28. The van der Waals surface area contributed by atoms with Gasteiger partial charge in [0.25, 0.3) is 47.3 Å². The van der Waals surface area contributed by atoms with Crippen molar-refractivity contribution in [1.29, 1.82) is 0 Å². The first kappa shape index (κ1) is 112. The maximum atomic E-state index is 14.8. The Morgan fingerprint density at radius 2 is 1.01 bits per heavy atom. The zero-order chi connectivity index (χ0) is 101. The van der Waals surface area contributed by atoms with Crippen LogP contribution in [0.4, 0.5) is 5.82 Å². The number of likely N-dealkylation sites (tertiary alicyclic amines) is 1. The van der Waals surface area contributed by atoms with Crippen molar-refractivity contribution in [1.82, 2.24) is 103 Å².